The summed E-state index contributed by atoms with van der Waals surface area (Å²) in [5.41, 5.74) is -1.03. The van der Waals surface area contributed by atoms with Crippen molar-refractivity contribution in [2.45, 2.75) is 50.9 Å². The highest BCUT2D eigenvalue weighted by Crippen LogP contribution is 2.36. The third kappa shape index (κ3) is 7.10. The fourth-order valence-electron chi connectivity index (χ4n) is 2.88. The summed E-state index contributed by atoms with van der Waals surface area (Å²) in [6.07, 6.45) is -2.90. The Morgan fingerprint density at radius 3 is 2.75 bits per heavy atom. The van der Waals surface area contributed by atoms with Gasteiger partial charge in [0, 0.05) is 18.3 Å². The number of urea groups is 1. The molecular weight excluding hydrogens is 399 g/mol. The number of alkyl halides is 3. The van der Waals surface area contributed by atoms with Crippen LogP contribution in [-0.2, 0) is 6.18 Å². The van der Waals surface area contributed by atoms with Gasteiger partial charge in [0.05, 0.1) is 16.8 Å². The number of amides is 2. The van der Waals surface area contributed by atoms with Crippen LogP contribution in [0.2, 0.25) is 5.02 Å². The predicted octanol–water partition coefficient (Wildman–Crippen LogP) is 2.42. The van der Waals surface area contributed by atoms with Crippen molar-refractivity contribution >= 4 is 23.3 Å². The number of unbranched alkanes of at least 4 members (excludes halogenated alkanes) is 1. The molecule has 2 amide bonds. The van der Waals surface area contributed by atoms with Gasteiger partial charge in [0.1, 0.15) is 6.29 Å². The third-order valence-corrected chi connectivity index (χ3v) is 4.52. The predicted molar refractivity (Wildman–Crippen MR) is 101 cm³/mol. The largest absolute Gasteiger partial charge is 0.417 e. The Morgan fingerprint density at radius 1 is 1.32 bits per heavy atom. The van der Waals surface area contributed by atoms with Crippen molar-refractivity contribution < 1.29 is 23.1 Å². The van der Waals surface area contributed by atoms with Crippen molar-refractivity contribution in [3.05, 3.63) is 28.8 Å². The number of aliphatic hydroxyl groups is 1. The molecule has 0 bridgehead atoms. The topological polar surface area (TPSA) is 97.5 Å². The van der Waals surface area contributed by atoms with Crippen molar-refractivity contribution in [3.8, 4) is 0 Å². The van der Waals surface area contributed by atoms with Crippen molar-refractivity contribution in [2.24, 2.45) is 0 Å². The molecule has 1 aliphatic heterocycles. The van der Waals surface area contributed by atoms with Crippen molar-refractivity contribution in [1.29, 1.82) is 0 Å². The lowest BCUT2D eigenvalue weighted by Gasteiger charge is -2.36. The Kier molecular flexibility index (Phi) is 8.32. The van der Waals surface area contributed by atoms with Crippen LogP contribution in [0, 0.1) is 0 Å². The summed E-state index contributed by atoms with van der Waals surface area (Å²) in [4.78, 5) is 12.2. The van der Waals surface area contributed by atoms with Gasteiger partial charge in [-0.3, -0.25) is 10.6 Å². The van der Waals surface area contributed by atoms with Gasteiger partial charge in [0.25, 0.3) is 0 Å². The van der Waals surface area contributed by atoms with E-state index < -0.39 is 29.1 Å². The van der Waals surface area contributed by atoms with E-state index in [1.807, 2.05) is 6.92 Å². The summed E-state index contributed by atoms with van der Waals surface area (Å²) in [5, 5.41) is 23.0. The number of hydrogen-bond acceptors (Lipinski definition) is 5. The number of benzene rings is 1. The van der Waals surface area contributed by atoms with Gasteiger partial charge in [0.15, 0.2) is 0 Å². The third-order valence-electron chi connectivity index (χ3n) is 4.19. The maximum Gasteiger partial charge on any atom is 0.417 e. The van der Waals surface area contributed by atoms with E-state index in [1.54, 1.807) is 0 Å². The average molecular weight is 424 g/mol. The SMILES string of the molecule is CC1CC(NCCCCO)NC(NC(=O)Nc2ccc(Cl)c(C(F)(F)F)c2)N1. The summed E-state index contributed by atoms with van der Waals surface area (Å²) in [6.45, 7) is 2.82. The lowest BCUT2D eigenvalue weighted by Crippen LogP contribution is -2.67. The van der Waals surface area contributed by atoms with Crippen LogP contribution < -0.4 is 26.6 Å². The van der Waals surface area contributed by atoms with Crippen molar-refractivity contribution in [2.75, 3.05) is 18.5 Å². The lowest BCUT2D eigenvalue weighted by molar-refractivity contribution is -0.137. The van der Waals surface area contributed by atoms with Crippen LogP contribution in [0.15, 0.2) is 18.2 Å². The van der Waals surface area contributed by atoms with E-state index in [0.29, 0.717) is 6.42 Å². The molecule has 28 heavy (non-hydrogen) atoms. The van der Waals surface area contributed by atoms with Crippen molar-refractivity contribution in [3.63, 3.8) is 0 Å². The van der Waals surface area contributed by atoms with E-state index in [-0.39, 0.29) is 24.5 Å². The zero-order chi connectivity index (χ0) is 20.7. The molecule has 0 aliphatic carbocycles. The Bertz CT molecular complexity index is 662. The molecule has 6 N–H and O–H groups in total. The normalized spacial score (nSPS) is 22.7. The molecule has 0 aromatic heterocycles. The first-order chi connectivity index (χ1) is 13.2. The van der Waals surface area contributed by atoms with Gasteiger partial charge in [-0.05, 0) is 50.9 Å². The first-order valence-electron chi connectivity index (χ1n) is 8.99. The quantitative estimate of drug-likeness (QED) is 0.379. The molecule has 2 rings (SSSR count). The molecule has 1 aliphatic rings. The number of halogens is 4. The molecule has 1 aromatic rings. The minimum atomic E-state index is -4.61. The van der Waals surface area contributed by atoms with Gasteiger partial charge in [-0.15, -0.1) is 0 Å². The molecule has 11 heteroatoms. The minimum absolute atomic E-state index is 0.0169. The second kappa shape index (κ2) is 10.3. The Morgan fingerprint density at radius 2 is 2.07 bits per heavy atom. The molecule has 3 unspecified atom stereocenters. The number of rotatable bonds is 7. The summed E-state index contributed by atoms with van der Waals surface area (Å²) in [6, 6.07) is 2.62. The molecule has 1 fully saturated rings. The van der Waals surface area contributed by atoms with E-state index in [1.165, 1.54) is 6.07 Å². The van der Waals surface area contributed by atoms with E-state index in [4.69, 9.17) is 16.7 Å². The fourth-order valence-corrected chi connectivity index (χ4v) is 3.11. The number of hydrogen-bond donors (Lipinski definition) is 6. The molecule has 0 saturated carbocycles. The molecule has 1 heterocycles. The maximum absolute atomic E-state index is 12.9. The number of anilines is 1. The first-order valence-corrected chi connectivity index (χ1v) is 9.37. The minimum Gasteiger partial charge on any atom is -0.396 e. The van der Waals surface area contributed by atoms with Crippen LogP contribution >= 0.6 is 11.6 Å². The van der Waals surface area contributed by atoms with E-state index in [2.05, 4.69) is 26.6 Å². The zero-order valence-electron chi connectivity index (χ0n) is 15.4. The maximum atomic E-state index is 12.9. The van der Waals surface area contributed by atoms with Crippen LogP contribution in [0.25, 0.3) is 0 Å². The summed E-state index contributed by atoms with van der Waals surface area (Å²) in [7, 11) is 0. The molecular formula is C17H25ClF3N5O2. The molecule has 0 spiro atoms. The zero-order valence-corrected chi connectivity index (χ0v) is 16.1. The van der Waals surface area contributed by atoms with Crippen LogP contribution in [0.5, 0.6) is 0 Å². The van der Waals surface area contributed by atoms with Crippen LogP contribution in [-0.4, -0.2) is 42.8 Å². The monoisotopic (exact) mass is 423 g/mol. The molecule has 158 valence electrons. The van der Waals surface area contributed by atoms with Crippen LogP contribution in [0.4, 0.5) is 23.7 Å². The smallest absolute Gasteiger partial charge is 0.396 e. The second-order valence-electron chi connectivity index (χ2n) is 6.63. The number of aliphatic hydroxyl groups excluding tert-OH is 1. The van der Waals surface area contributed by atoms with Crippen LogP contribution in [0.3, 0.4) is 0 Å². The number of nitrogens with one attached hydrogen (secondary N) is 5. The van der Waals surface area contributed by atoms with Gasteiger partial charge in [0.2, 0.25) is 0 Å². The molecule has 1 saturated heterocycles. The highest BCUT2D eigenvalue weighted by molar-refractivity contribution is 6.31. The summed E-state index contributed by atoms with van der Waals surface area (Å²) >= 11 is 5.58. The molecule has 3 atom stereocenters. The van der Waals surface area contributed by atoms with Gasteiger partial charge in [-0.2, -0.15) is 13.2 Å². The van der Waals surface area contributed by atoms with Crippen LogP contribution in [0.1, 0.15) is 31.7 Å². The number of carbonyl (C=O) groups is 1. The van der Waals surface area contributed by atoms with E-state index >= 15 is 0 Å². The number of carbonyl (C=O) groups excluding carboxylic acids is 1. The lowest BCUT2D eigenvalue weighted by atomic mass is 10.1. The van der Waals surface area contributed by atoms with Gasteiger partial charge >= 0.3 is 12.2 Å². The Balaban J connectivity index is 1.89. The molecule has 7 nitrogen and oxygen atoms in total. The Labute approximate surface area is 166 Å². The highest BCUT2D eigenvalue weighted by Gasteiger charge is 2.33. The fraction of sp³-hybridized carbons (Fsp3) is 0.588. The van der Waals surface area contributed by atoms with Gasteiger partial charge in [-0.1, -0.05) is 11.6 Å². The Hall–Kier alpha value is -1.59. The van der Waals surface area contributed by atoms with Gasteiger partial charge in [-0.25, -0.2) is 4.79 Å². The van der Waals surface area contributed by atoms with E-state index in [9.17, 15) is 18.0 Å². The van der Waals surface area contributed by atoms with Gasteiger partial charge < -0.3 is 21.1 Å². The summed E-state index contributed by atoms with van der Waals surface area (Å²) in [5.74, 6) is 0. The molecule has 0 radical (unpaired) electrons. The highest BCUT2D eigenvalue weighted by atomic mass is 35.5. The second-order valence-corrected chi connectivity index (χ2v) is 7.04. The summed E-state index contributed by atoms with van der Waals surface area (Å²) < 4.78 is 38.8. The standard InChI is InChI=1S/C17H25ClF3N5O2/c1-10-8-14(22-6-2-3-7-27)25-15(23-10)26-16(28)24-11-4-5-13(18)12(9-11)17(19,20)21/h4-5,9-10,14-15,22-23,25,27H,2-3,6-8H2,1H3,(H2,24,26,28). The first kappa shape index (κ1) is 22.7. The van der Waals surface area contributed by atoms with Crippen molar-refractivity contribution in [1.82, 2.24) is 21.3 Å². The molecule has 1 aromatic carbocycles. The average Bonchev–Trinajstić information content (AvgIpc) is 2.59. The van der Waals surface area contributed by atoms with E-state index in [0.717, 1.165) is 31.5 Å².